The summed E-state index contributed by atoms with van der Waals surface area (Å²) in [6, 6.07) is 11.1. The molecule has 0 fully saturated rings. The van der Waals surface area contributed by atoms with Crippen LogP contribution in [0.1, 0.15) is 24.2 Å². The Hall–Kier alpha value is -2.91. The second-order valence-electron chi connectivity index (χ2n) is 5.82. The predicted molar refractivity (Wildman–Crippen MR) is 99.5 cm³/mol. The number of nitrogens with two attached hydrogens (primary N) is 1. The van der Waals surface area contributed by atoms with Gasteiger partial charge in [-0.15, -0.1) is 0 Å². The van der Waals surface area contributed by atoms with Gasteiger partial charge in [0.05, 0.1) is 4.90 Å². The molecule has 0 bridgehead atoms. The maximum atomic E-state index is 12.4. The number of hydrogen-bond acceptors (Lipinski definition) is 4. The van der Waals surface area contributed by atoms with E-state index in [1.54, 1.807) is 38.1 Å². The second-order valence-corrected chi connectivity index (χ2v) is 7.54. The lowest BCUT2D eigenvalue weighted by Crippen LogP contribution is -2.30. The Morgan fingerprint density at radius 1 is 0.962 bits per heavy atom. The molecule has 0 atom stereocenters. The summed E-state index contributed by atoms with van der Waals surface area (Å²) in [7, 11) is -3.69. The maximum absolute atomic E-state index is 12.4. The molecule has 0 saturated heterocycles. The number of urea groups is 1. The van der Waals surface area contributed by atoms with Crippen molar-refractivity contribution < 1.29 is 18.0 Å². The average molecular weight is 376 g/mol. The summed E-state index contributed by atoms with van der Waals surface area (Å²) in [5.41, 5.74) is 6.20. The Kier molecular flexibility index (Phi) is 5.96. The highest BCUT2D eigenvalue weighted by Crippen LogP contribution is 2.16. The fraction of sp³-hybridized carbons (Fsp3) is 0.176. The van der Waals surface area contributed by atoms with E-state index in [1.807, 2.05) is 0 Å². The molecule has 5 N–H and O–H groups in total. The maximum Gasteiger partial charge on any atom is 0.316 e. The SMILES string of the molecule is CC(C)NS(=O)(=O)c1cccc(C(=O)Nc2ccc(NC(N)=O)cc2)c1. The number of nitrogens with one attached hydrogen (secondary N) is 3. The van der Waals surface area contributed by atoms with E-state index in [2.05, 4.69) is 15.4 Å². The van der Waals surface area contributed by atoms with E-state index in [0.717, 1.165) is 0 Å². The number of amides is 3. The molecule has 0 heterocycles. The molecule has 2 rings (SSSR count). The van der Waals surface area contributed by atoms with E-state index in [9.17, 15) is 18.0 Å². The molecule has 0 aliphatic carbocycles. The third-order valence-electron chi connectivity index (χ3n) is 3.21. The van der Waals surface area contributed by atoms with Gasteiger partial charge in [-0.1, -0.05) is 6.07 Å². The summed E-state index contributed by atoms with van der Waals surface area (Å²) < 4.78 is 26.9. The van der Waals surface area contributed by atoms with Gasteiger partial charge in [0.2, 0.25) is 10.0 Å². The van der Waals surface area contributed by atoms with Gasteiger partial charge in [-0.3, -0.25) is 4.79 Å². The van der Waals surface area contributed by atoms with Crippen molar-refractivity contribution in [3.63, 3.8) is 0 Å². The lowest BCUT2D eigenvalue weighted by Gasteiger charge is -2.11. The zero-order chi connectivity index (χ0) is 19.3. The summed E-state index contributed by atoms with van der Waals surface area (Å²) in [6.07, 6.45) is 0. The minimum absolute atomic E-state index is 0.0138. The predicted octanol–water partition coefficient (Wildman–Crippen LogP) is 2.12. The third-order valence-corrected chi connectivity index (χ3v) is 4.86. The monoisotopic (exact) mass is 376 g/mol. The number of carbonyl (C=O) groups is 2. The number of primary amides is 1. The first-order valence-corrected chi connectivity index (χ1v) is 9.26. The van der Waals surface area contributed by atoms with Crippen LogP contribution in [0.5, 0.6) is 0 Å². The minimum atomic E-state index is -3.69. The number of carbonyl (C=O) groups excluding carboxylic acids is 2. The van der Waals surface area contributed by atoms with Crippen LogP contribution in [0.4, 0.5) is 16.2 Å². The molecule has 0 aromatic heterocycles. The third kappa shape index (κ3) is 5.30. The molecule has 0 aliphatic heterocycles. The molecule has 2 aromatic rings. The van der Waals surface area contributed by atoms with Crippen molar-refractivity contribution in [2.75, 3.05) is 10.6 Å². The fourth-order valence-corrected chi connectivity index (χ4v) is 3.46. The smallest absolute Gasteiger partial charge is 0.316 e. The number of rotatable bonds is 6. The van der Waals surface area contributed by atoms with Crippen molar-refractivity contribution in [3.05, 3.63) is 54.1 Å². The van der Waals surface area contributed by atoms with Crippen LogP contribution in [0.3, 0.4) is 0 Å². The van der Waals surface area contributed by atoms with Gasteiger partial charge in [0.25, 0.3) is 5.91 Å². The van der Waals surface area contributed by atoms with Crippen LogP contribution < -0.4 is 21.1 Å². The lowest BCUT2D eigenvalue weighted by molar-refractivity contribution is 0.102. The van der Waals surface area contributed by atoms with E-state index in [4.69, 9.17) is 5.73 Å². The molecule has 138 valence electrons. The van der Waals surface area contributed by atoms with Crippen LogP contribution in [0.15, 0.2) is 53.4 Å². The van der Waals surface area contributed by atoms with Crippen molar-refractivity contribution in [1.29, 1.82) is 0 Å². The van der Waals surface area contributed by atoms with Crippen molar-refractivity contribution in [2.24, 2.45) is 5.73 Å². The van der Waals surface area contributed by atoms with Crippen LogP contribution in [0.25, 0.3) is 0 Å². The summed E-state index contributed by atoms with van der Waals surface area (Å²) in [6.45, 7) is 3.43. The average Bonchev–Trinajstić information content (AvgIpc) is 2.55. The minimum Gasteiger partial charge on any atom is -0.351 e. The first-order valence-electron chi connectivity index (χ1n) is 7.77. The first kappa shape index (κ1) is 19.4. The zero-order valence-electron chi connectivity index (χ0n) is 14.3. The Labute approximate surface area is 151 Å². The largest absolute Gasteiger partial charge is 0.351 e. The van der Waals surface area contributed by atoms with Crippen LogP contribution in [-0.4, -0.2) is 26.4 Å². The molecule has 3 amide bonds. The summed E-state index contributed by atoms with van der Waals surface area (Å²) >= 11 is 0. The van der Waals surface area contributed by atoms with Crippen LogP contribution in [0.2, 0.25) is 0 Å². The Bertz CT molecular complexity index is 909. The lowest BCUT2D eigenvalue weighted by atomic mass is 10.2. The number of anilines is 2. The Morgan fingerprint density at radius 3 is 2.08 bits per heavy atom. The van der Waals surface area contributed by atoms with Gasteiger partial charge < -0.3 is 16.4 Å². The zero-order valence-corrected chi connectivity index (χ0v) is 15.1. The van der Waals surface area contributed by atoms with Gasteiger partial charge in [0.1, 0.15) is 0 Å². The second kappa shape index (κ2) is 7.98. The quantitative estimate of drug-likeness (QED) is 0.615. The molecule has 2 aromatic carbocycles. The summed E-state index contributed by atoms with van der Waals surface area (Å²) in [5, 5.41) is 5.07. The van der Waals surface area contributed by atoms with Crippen LogP contribution in [0, 0.1) is 0 Å². The van der Waals surface area contributed by atoms with Crippen LogP contribution in [-0.2, 0) is 10.0 Å². The van der Waals surface area contributed by atoms with Gasteiger partial charge in [-0.05, 0) is 56.3 Å². The highest BCUT2D eigenvalue weighted by molar-refractivity contribution is 7.89. The molecule has 9 heteroatoms. The molecule has 26 heavy (non-hydrogen) atoms. The van der Waals surface area contributed by atoms with E-state index in [1.165, 1.54) is 24.3 Å². The van der Waals surface area contributed by atoms with Gasteiger partial charge in [0.15, 0.2) is 0 Å². The van der Waals surface area contributed by atoms with Gasteiger partial charge in [-0.25, -0.2) is 17.9 Å². The standard InChI is InChI=1S/C17H20N4O4S/c1-11(2)21-26(24,25)15-5-3-4-12(10-15)16(22)19-13-6-8-14(9-7-13)20-17(18)23/h3-11,21H,1-2H3,(H,19,22)(H3,18,20,23). The van der Waals surface area contributed by atoms with E-state index in [0.29, 0.717) is 11.4 Å². The molecule has 0 unspecified atom stereocenters. The molecule has 0 saturated carbocycles. The topological polar surface area (TPSA) is 130 Å². The molecular formula is C17H20N4O4S. The Morgan fingerprint density at radius 2 is 1.54 bits per heavy atom. The van der Waals surface area contributed by atoms with Gasteiger partial charge in [-0.2, -0.15) is 0 Å². The normalized spacial score (nSPS) is 11.2. The van der Waals surface area contributed by atoms with E-state index < -0.39 is 22.0 Å². The van der Waals surface area contributed by atoms with E-state index in [-0.39, 0.29) is 16.5 Å². The van der Waals surface area contributed by atoms with Crippen molar-refractivity contribution in [1.82, 2.24) is 4.72 Å². The highest BCUT2D eigenvalue weighted by Gasteiger charge is 2.17. The van der Waals surface area contributed by atoms with Crippen molar-refractivity contribution >= 4 is 33.3 Å². The van der Waals surface area contributed by atoms with Gasteiger partial charge >= 0.3 is 6.03 Å². The summed E-state index contributed by atoms with van der Waals surface area (Å²) in [4.78, 5) is 23.2. The molecule has 0 radical (unpaired) electrons. The fourth-order valence-electron chi connectivity index (χ4n) is 2.17. The molecule has 0 spiro atoms. The van der Waals surface area contributed by atoms with Crippen molar-refractivity contribution in [2.45, 2.75) is 24.8 Å². The number of hydrogen-bond donors (Lipinski definition) is 4. The van der Waals surface area contributed by atoms with E-state index >= 15 is 0 Å². The van der Waals surface area contributed by atoms with Crippen LogP contribution >= 0.6 is 0 Å². The number of sulfonamides is 1. The molecule has 0 aliphatic rings. The molecular weight excluding hydrogens is 356 g/mol. The first-order chi connectivity index (χ1) is 12.2. The summed E-state index contributed by atoms with van der Waals surface area (Å²) in [5.74, 6) is -0.456. The Balaban J connectivity index is 2.15. The molecule has 8 nitrogen and oxygen atoms in total. The highest BCUT2D eigenvalue weighted by atomic mass is 32.2. The number of benzene rings is 2. The van der Waals surface area contributed by atoms with Crippen molar-refractivity contribution in [3.8, 4) is 0 Å². The van der Waals surface area contributed by atoms with Gasteiger partial charge in [0, 0.05) is 23.0 Å².